The van der Waals surface area contributed by atoms with Crippen molar-refractivity contribution in [3.8, 4) is 22.8 Å². The van der Waals surface area contributed by atoms with Crippen molar-refractivity contribution >= 4 is 38.8 Å². The third-order valence-corrected chi connectivity index (χ3v) is 7.32. The third-order valence-electron chi connectivity index (χ3n) is 7.32. The van der Waals surface area contributed by atoms with Crippen LogP contribution in [0.5, 0.6) is 11.5 Å². The minimum atomic E-state index is -0.0345. The van der Waals surface area contributed by atoms with Gasteiger partial charge in [0.15, 0.2) is 0 Å². The monoisotopic (exact) mass is 723 g/mol. The zero-order valence-corrected chi connectivity index (χ0v) is 26.1. The molecule has 41 heavy (non-hydrogen) atoms. The van der Waals surface area contributed by atoms with E-state index in [4.69, 9.17) is 18.6 Å². The number of nitrogens with zero attached hydrogens (tertiary/aromatic N) is 3. The van der Waals surface area contributed by atoms with Gasteiger partial charge in [-0.3, -0.25) is 0 Å². The van der Waals surface area contributed by atoms with Crippen LogP contribution in [-0.2, 0) is 26.5 Å². The number of pyridine rings is 1. The van der Waals surface area contributed by atoms with Crippen molar-refractivity contribution in [1.29, 1.82) is 0 Å². The van der Waals surface area contributed by atoms with Gasteiger partial charge in [-0.1, -0.05) is 44.5 Å². The van der Waals surface area contributed by atoms with Crippen LogP contribution >= 0.6 is 0 Å². The topological polar surface area (TPSA) is 54.9 Å². The standard InChI is InChI=1S/C34H30N3O3.Pt/c1-33(2,3)21-13-14-35-25(17-21)24-19-28(32-30-29-26(39-31(24)30)11-8-12-27(29)40-32)38-23-10-7-9-22(18-23)36-15-16-37(20-36)34(4,5)6;/h7-17,20H,1-6H3;/q-3;. The molecule has 1 aliphatic rings. The number of hydrogen-bond donors (Lipinski definition) is 0. The molecule has 6 nitrogen and oxygen atoms in total. The van der Waals surface area contributed by atoms with Crippen LogP contribution in [0.3, 0.4) is 0 Å². The Hall–Kier alpha value is -3.76. The molecule has 0 atom stereocenters. The van der Waals surface area contributed by atoms with Gasteiger partial charge in [-0.15, -0.1) is 23.9 Å². The Balaban J connectivity index is 0.00000302. The summed E-state index contributed by atoms with van der Waals surface area (Å²) in [6.07, 6.45) is 5.92. The zero-order chi connectivity index (χ0) is 27.8. The minimum Gasteiger partial charge on any atom is -0.504 e. The SMILES string of the molecule is CC(C)(C)c1ccnc(-c2[c-]c(Oc3[c-]c(N4C=CN(C(C)(C)C)[CH-]4)ccc3)c3oc4cccc5oc2c3c45)c1.[Pt]. The second kappa shape index (κ2) is 9.66. The summed E-state index contributed by atoms with van der Waals surface area (Å²) < 4.78 is 19.2. The first-order valence-electron chi connectivity index (χ1n) is 13.5. The predicted octanol–water partition coefficient (Wildman–Crippen LogP) is 9.03. The average Bonchev–Trinajstić information content (AvgIpc) is 3.65. The van der Waals surface area contributed by atoms with Crippen LogP contribution in [0.4, 0.5) is 5.69 Å². The molecule has 4 heterocycles. The molecule has 0 aliphatic carbocycles. The largest absolute Gasteiger partial charge is 0.504 e. The molecule has 0 bridgehead atoms. The maximum Gasteiger partial charge on any atom is 0.125 e. The summed E-state index contributed by atoms with van der Waals surface area (Å²) >= 11 is 0. The van der Waals surface area contributed by atoms with Gasteiger partial charge >= 0.3 is 0 Å². The van der Waals surface area contributed by atoms with E-state index >= 15 is 0 Å². The van der Waals surface area contributed by atoms with E-state index in [1.165, 1.54) is 5.56 Å². The maximum atomic E-state index is 6.49. The number of ether oxygens (including phenoxy) is 1. The summed E-state index contributed by atoms with van der Waals surface area (Å²) in [5.41, 5.74) is 6.29. The van der Waals surface area contributed by atoms with E-state index < -0.39 is 0 Å². The Bertz CT molecular complexity index is 1900. The molecule has 0 saturated heterocycles. The summed E-state index contributed by atoms with van der Waals surface area (Å²) in [4.78, 5) is 8.91. The first-order valence-corrected chi connectivity index (χ1v) is 13.5. The Morgan fingerprint density at radius 2 is 1.59 bits per heavy atom. The molecule has 0 unspecified atom stereocenters. The number of aromatic nitrogens is 1. The fourth-order valence-corrected chi connectivity index (χ4v) is 5.08. The van der Waals surface area contributed by atoms with Crippen LogP contribution in [0, 0.1) is 18.8 Å². The molecule has 0 amide bonds. The van der Waals surface area contributed by atoms with Gasteiger partial charge in [-0.2, -0.15) is 12.7 Å². The van der Waals surface area contributed by atoms with Crippen LogP contribution in [0.2, 0.25) is 0 Å². The molecule has 3 aromatic heterocycles. The Morgan fingerprint density at radius 3 is 2.29 bits per heavy atom. The van der Waals surface area contributed by atoms with Crippen LogP contribution in [0.25, 0.3) is 44.4 Å². The molecular formula is C34H30N3O3Pt-3. The van der Waals surface area contributed by atoms with E-state index in [9.17, 15) is 0 Å². The molecule has 1 aliphatic heterocycles. The minimum absolute atomic E-state index is 0. The molecule has 0 N–H and O–H groups in total. The predicted molar refractivity (Wildman–Crippen MR) is 158 cm³/mol. The molecule has 6 aromatic rings. The van der Waals surface area contributed by atoms with E-state index in [1.54, 1.807) is 0 Å². The number of rotatable bonds is 4. The first kappa shape index (κ1) is 27.4. The average molecular weight is 724 g/mol. The van der Waals surface area contributed by atoms with Gasteiger partial charge in [0.25, 0.3) is 0 Å². The Kier molecular flexibility index (Phi) is 6.46. The number of benzene rings is 3. The smallest absolute Gasteiger partial charge is 0.125 e. The van der Waals surface area contributed by atoms with Crippen LogP contribution in [0.1, 0.15) is 47.1 Å². The Morgan fingerprint density at radius 1 is 0.854 bits per heavy atom. The van der Waals surface area contributed by atoms with Crippen molar-refractivity contribution in [2.24, 2.45) is 0 Å². The van der Waals surface area contributed by atoms with Crippen molar-refractivity contribution in [1.82, 2.24) is 9.88 Å². The van der Waals surface area contributed by atoms with Crippen LogP contribution < -0.4 is 9.64 Å². The molecule has 0 fully saturated rings. The van der Waals surface area contributed by atoms with Crippen LogP contribution in [-0.4, -0.2) is 15.4 Å². The van der Waals surface area contributed by atoms with Gasteiger partial charge < -0.3 is 28.4 Å². The first-order chi connectivity index (χ1) is 19.1. The molecular weight excluding hydrogens is 693 g/mol. The van der Waals surface area contributed by atoms with Crippen molar-refractivity contribution in [3.05, 3.63) is 91.5 Å². The van der Waals surface area contributed by atoms with E-state index in [1.807, 2.05) is 53.7 Å². The van der Waals surface area contributed by atoms with Gasteiger partial charge in [0.1, 0.15) is 11.2 Å². The van der Waals surface area contributed by atoms with E-state index in [0.29, 0.717) is 22.7 Å². The molecule has 7 rings (SSSR count). The molecule has 3 aromatic carbocycles. The van der Waals surface area contributed by atoms with Gasteiger partial charge in [0.2, 0.25) is 0 Å². The van der Waals surface area contributed by atoms with E-state index in [0.717, 1.165) is 38.9 Å². The summed E-state index contributed by atoms with van der Waals surface area (Å²) in [5, 5.41) is 1.82. The molecule has 212 valence electrons. The Labute approximate surface area is 254 Å². The second-order valence-electron chi connectivity index (χ2n) is 12.3. The number of hydrogen-bond acceptors (Lipinski definition) is 6. The molecule has 0 radical (unpaired) electrons. The van der Waals surface area contributed by atoms with Gasteiger partial charge in [-0.25, -0.2) is 0 Å². The summed E-state index contributed by atoms with van der Waals surface area (Å²) in [7, 11) is 0. The van der Waals surface area contributed by atoms with Crippen molar-refractivity contribution in [3.63, 3.8) is 0 Å². The van der Waals surface area contributed by atoms with Crippen molar-refractivity contribution in [2.75, 3.05) is 4.90 Å². The quantitative estimate of drug-likeness (QED) is 0.169. The zero-order valence-electron chi connectivity index (χ0n) is 23.8. The maximum absolute atomic E-state index is 6.49. The van der Waals surface area contributed by atoms with E-state index in [-0.39, 0.29) is 32.0 Å². The van der Waals surface area contributed by atoms with Crippen molar-refractivity contribution in [2.45, 2.75) is 52.5 Å². The third kappa shape index (κ3) is 4.68. The second-order valence-corrected chi connectivity index (χ2v) is 12.3. The van der Waals surface area contributed by atoms with Crippen molar-refractivity contribution < 1.29 is 34.6 Å². The fourth-order valence-electron chi connectivity index (χ4n) is 5.08. The molecule has 7 heteroatoms. The summed E-state index contributed by atoms with van der Waals surface area (Å²) in [6.45, 7) is 15.1. The van der Waals surface area contributed by atoms with Gasteiger partial charge in [-0.05, 0) is 73.4 Å². The summed E-state index contributed by atoms with van der Waals surface area (Å²) in [6, 6.07) is 22.7. The normalized spacial score (nSPS) is 14.1. The molecule has 0 saturated carbocycles. The summed E-state index contributed by atoms with van der Waals surface area (Å²) in [5.74, 6) is 1.03. The van der Waals surface area contributed by atoms with Gasteiger partial charge in [0, 0.05) is 38.6 Å². The van der Waals surface area contributed by atoms with Crippen LogP contribution in [0.15, 0.2) is 76.0 Å². The number of furan rings is 2. The fraction of sp³-hybridized carbons (Fsp3) is 0.235. The molecule has 0 spiro atoms. The van der Waals surface area contributed by atoms with Gasteiger partial charge in [0.05, 0.1) is 22.3 Å². The van der Waals surface area contributed by atoms with E-state index in [2.05, 4.69) is 83.6 Å². The number of anilines is 1.